The molecule has 1 atom stereocenters. The average Bonchev–Trinajstić information content (AvgIpc) is 2.68. The summed E-state index contributed by atoms with van der Waals surface area (Å²) in [7, 11) is 1.29. The molecule has 1 aromatic rings. The molecule has 0 saturated carbocycles. The van der Waals surface area contributed by atoms with Gasteiger partial charge in [-0.15, -0.1) is 0 Å². The van der Waals surface area contributed by atoms with Crippen LogP contribution in [0.5, 0.6) is 0 Å². The molecule has 2 amide bonds. The number of esters is 1. The number of alkyl halides is 1. The molecule has 0 aromatic heterocycles. The third-order valence-electron chi connectivity index (χ3n) is 2.94. The summed E-state index contributed by atoms with van der Waals surface area (Å²) in [6.07, 6.45) is 0.318. The average molecular weight is 326 g/mol. The molecule has 1 aromatic carbocycles. The van der Waals surface area contributed by atoms with Gasteiger partial charge in [0.15, 0.2) is 0 Å². The lowest BCUT2D eigenvalue weighted by atomic mass is 10.1. The van der Waals surface area contributed by atoms with Gasteiger partial charge in [0, 0.05) is 6.54 Å². The summed E-state index contributed by atoms with van der Waals surface area (Å²) < 4.78 is 4.57. The van der Waals surface area contributed by atoms with E-state index in [-0.39, 0.29) is 18.4 Å². The van der Waals surface area contributed by atoms with Gasteiger partial charge in [-0.25, -0.2) is 0 Å². The Hall–Kier alpha value is -1.69. The van der Waals surface area contributed by atoms with Crippen molar-refractivity contribution in [1.82, 2.24) is 4.90 Å². The van der Waals surface area contributed by atoms with Crippen LogP contribution in [0.15, 0.2) is 24.3 Å². The summed E-state index contributed by atoms with van der Waals surface area (Å²) in [6.45, 7) is 0.178. The van der Waals surface area contributed by atoms with Gasteiger partial charge in [-0.05, 0) is 18.6 Å². The van der Waals surface area contributed by atoms with Crippen LogP contribution in [0, 0.1) is 0 Å². The highest BCUT2D eigenvalue weighted by Crippen LogP contribution is 2.23. The van der Waals surface area contributed by atoms with Gasteiger partial charge >= 0.3 is 5.97 Å². The molecule has 1 heterocycles. The number of carbonyl (C=O) groups excluding carboxylic acids is 3. The van der Waals surface area contributed by atoms with Gasteiger partial charge < -0.3 is 4.74 Å². The highest BCUT2D eigenvalue weighted by Gasteiger charge is 2.35. The van der Waals surface area contributed by atoms with Gasteiger partial charge in [-0.1, -0.05) is 28.1 Å². The van der Waals surface area contributed by atoms with E-state index in [0.29, 0.717) is 17.5 Å². The molecule has 5 nitrogen and oxygen atoms in total. The van der Waals surface area contributed by atoms with Crippen molar-refractivity contribution in [3.63, 3.8) is 0 Å². The molecule has 0 aliphatic carbocycles. The maximum absolute atomic E-state index is 12.0. The Bertz CT molecular complexity index is 508. The van der Waals surface area contributed by atoms with Crippen LogP contribution in [0.4, 0.5) is 0 Å². The summed E-state index contributed by atoms with van der Waals surface area (Å²) in [6, 6.07) is 6.69. The van der Waals surface area contributed by atoms with Gasteiger partial charge in [0.2, 0.25) is 0 Å². The third kappa shape index (κ3) is 2.53. The van der Waals surface area contributed by atoms with Crippen molar-refractivity contribution >= 4 is 33.7 Å². The number of carbonyl (C=O) groups is 3. The number of halogens is 1. The molecule has 2 rings (SSSR count). The van der Waals surface area contributed by atoms with Gasteiger partial charge in [-0.2, -0.15) is 0 Å². The molecule has 19 heavy (non-hydrogen) atoms. The number of fused-ring (bicyclic) bond motifs is 1. The highest BCUT2D eigenvalue weighted by molar-refractivity contribution is 9.10. The van der Waals surface area contributed by atoms with Crippen molar-refractivity contribution in [3.05, 3.63) is 35.4 Å². The summed E-state index contributed by atoms with van der Waals surface area (Å²) in [5, 5.41) is 0. The molecule has 0 N–H and O–H groups in total. The van der Waals surface area contributed by atoms with Crippen LogP contribution in [0.2, 0.25) is 0 Å². The van der Waals surface area contributed by atoms with E-state index in [1.165, 1.54) is 7.11 Å². The number of ether oxygens (including phenoxy) is 1. The monoisotopic (exact) mass is 325 g/mol. The lowest BCUT2D eigenvalue weighted by molar-refractivity contribution is -0.139. The first-order valence-electron chi connectivity index (χ1n) is 5.73. The lowest BCUT2D eigenvalue weighted by Crippen LogP contribution is -2.33. The maximum Gasteiger partial charge on any atom is 0.319 e. The van der Waals surface area contributed by atoms with Crippen molar-refractivity contribution in [1.29, 1.82) is 0 Å². The van der Waals surface area contributed by atoms with E-state index >= 15 is 0 Å². The molecular formula is C13H12BrNO4. The molecule has 0 spiro atoms. The predicted molar refractivity (Wildman–Crippen MR) is 71.2 cm³/mol. The summed E-state index contributed by atoms with van der Waals surface area (Å²) >= 11 is 3.16. The van der Waals surface area contributed by atoms with Gasteiger partial charge in [0.05, 0.1) is 18.2 Å². The minimum Gasteiger partial charge on any atom is -0.468 e. The molecule has 0 unspecified atom stereocenters. The molecule has 100 valence electrons. The molecule has 0 fully saturated rings. The Kier molecular flexibility index (Phi) is 3.99. The first-order valence-corrected chi connectivity index (χ1v) is 6.65. The Balaban J connectivity index is 2.07. The van der Waals surface area contributed by atoms with E-state index in [0.717, 1.165) is 4.90 Å². The number of methoxy groups -OCH3 is 1. The number of nitrogens with zero attached hydrogens (tertiary/aromatic N) is 1. The van der Waals surface area contributed by atoms with Crippen LogP contribution >= 0.6 is 15.9 Å². The number of imide groups is 1. The number of amides is 2. The second kappa shape index (κ2) is 5.52. The van der Waals surface area contributed by atoms with E-state index in [4.69, 9.17) is 0 Å². The Morgan fingerprint density at radius 2 is 1.79 bits per heavy atom. The van der Waals surface area contributed by atoms with Gasteiger partial charge in [0.25, 0.3) is 11.8 Å². The Morgan fingerprint density at radius 3 is 2.26 bits per heavy atom. The first-order chi connectivity index (χ1) is 9.06. The molecule has 1 aliphatic rings. The van der Waals surface area contributed by atoms with E-state index in [2.05, 4.69) is 20.7 Å². The largest absolute Gasteiger partial charge is 0.468 e. The lowest BCUT2D eigenvalue weighted by Gasteiger charge is -2.15. The minimum atomic E-state index is -0.526. The fourth-order valence-corrected chi connectivity index (χ4v) is 2.32. The van der Waals surface area contributed by atoms with Crippen LogP contribution < -0.4 is 0 Å². The van der Waals surface area contributed by atoms with Crippen molar-refractivity contribution < 1.29 is 19.1 Å². The second-order valence-corrected chi connectivity index (χ2v) is 5.19. The smallest absolute Gasteiger partial charge is 0.319 e. The Morgan fingerprint density at radius 1 is 1.26 bits per heavy atom. The van der Waals surface area contributed by atoms with Crippen LogP contribution in [0.25, 0.3) is 0 Å². The van der Waals surface area contributed by atoms with Crippen LogP contribution in [0.3, 0.4) is 0 Å². The summed E-state index contributed by atoms with van der Waals surface area (Å²) in [4.78, 5) is 35.9. The number of hydrogen-bond donors (Lipinski definition) is 0. The maximum atomic E-state index is 12.0. The van der Waals surface area contributed by atoms with Crippen LogP contribution in [-0.4, -0.2) is 41.2 Å². The fourth-order valence-electron chi connectivity index (χ4n) is 1.93. The molecular weight excluding hydrogens is 314 g/mol. The number of hydrogen-bond acceptors (Lipinski definition) is 4. The van der Waals surface area contributed by atoms with Gasteiger partial charge in [-0.3, -0.25) is 19.3 Å². The van der Waals surface area contributed by atoms with E-state index in [1.54, 1.807) is 24.3 Å². The topological polar surface area (TPSA) is 63.7 Å². The molecule has 0 radical (unpaired) electrons. The van der Waals surface area contributed by atoms with Crippen molar-refractivity contribution in [3.8, 4) is 0 Å². The van der Waals surface area contributed by atoms with Gasteiger partial charge in [0.1, 0.15) is 4.83 Å². The summed E-state index contributed by atoms with van der Waals surface area (Å²) in [5.74, 6) is -1.05. The predicted octanol–water partition coefficient (Wildman–Crippen LogP) is 1.61. The Labute approximate surface area is 118 Å². The molecule has 1 aliphatic heterocycles. The standard InChI is InChI=1S/C13H12BrNO4/c1-19-13(18)10(14)6-7-15-11(16)8-4-2-3-5-9(8)12(15)17/h2-5,10H,6-7H2,1H3/t10-/m0/s1. The second-order valence-electron chi connectivity index (χ2n) is 4.09. The van der Waals surface area contributed by atoms with Crippen LogP contribution in [0.1, 0.15) is 27.1 Å². The van der Waals surface area contributed by atoms with E-state index < -0.39 is 10.8 Å². The zero-order valence-corrected chi connectivity index (χ0v) is 11.8. The first kappa shape index (κ1) is 13.7. The SMILES string of the molecule is COC(=O)[C@@H](Br)CCN1C(=O)c2ccccc2C1=O. The minimum absolute atomic E-state index is 0.178. The highest BCUT2D eigenvalue weighted by atomic mass is 79.9. The zero-order chi connectivity index (χ0) is 14.0. The number of benzene rings is 1. The quantitative estimate of drug-likeness (QED) is 0.479. The normalized spacial score (nSPS) is 15.4. The van der Waals surface area contributed by atoms with Crippen LogP contribution in [-0.2, 0) is 9.53 Å². The zero-order valence-electron chi connectivity index (χ0n) is 10.3. The number of rotatable bonds is 4. The molecule has 0 bridgehead atoms. The van der Waals surface area contributed by atoms with E-state index in [9.17, 15) is 14.4 Å². The molecule has 0 saturated heterocycles. The van der Waals surface area contributed by atoms with E-state index in [1.807, 2.05) is 0 Å². The third-order valence-corrected chi connectivity index (χ3v) is 3.77. The summed E-state index contributed by atoms with van der Waals surface area (Å²) in [5.41, 5.74) is 0.827. The van der Waals surface area contributed by atoms with Crippen molar-refractivity contribution in [2.75, 3.05) is 13.7 Å². The fraction of sp³-hybridized carbons (Fsp3) is 0.308. The van der Waals surface area contributed by atoms with Crippen molar-refractivity contribution in [2.24, 2.45) is 0 Å². The van der Waals surface area contributed by atoms with Crippen molar-refractivity contribution in [2.45, 2.75) is 11.2 Å². The molecule has 6 heteroatoms.